The van der Waals surface area contributed by atoms with Crippen molar-refractivity contribution in [1.82, 2.24) is 5.32 Å². The van der Waals surface area contributed by atoms with Crippen molar-refractivity contribution < 1.29 is 59.1 Å². The number of aryl methyl sites for hydroxylation is 1. The molecule has 61 heavy (non-hydrogen) atoms. The van der Waals surface area contributed by atoms with Gasteiger partial charge in [0.2, 0.25) is 17.2 Å². The van der Waals surface area contributed by atoms with Crippen LogP contribution in [0.25, 0.3) is 11.0 Å². The number of ether oxygens (including phenoxy) is 1. The Morgan fingerprint density at radius 3 is 2.69 bits per heavy atom. The lowest BCUT2D eigenvalue weighted by molar-refractivity contribution is -0.861. The summed E-state index contributed by atoms with van der Waals surface area (Å²) >= 11 is 0. The molecule has 326 valence electrons. The van der Waals surface area contributed by atoms with Crippen LogP contribution in [0.1, 0.15) is 70.1 Å². The minimum atomic E-state index is -2.37. The highest BCUT2D eigenvalue weighted by Gasteiger charge is 2.55. The number of carbonyl (C=O) groups excluding carboxylic acids is 1. The second kappa shape index (κ2) is 16.1. The standard InChI is InChI=1S/C45H55N5O11/c1-4-32-28-8-14-47-31(28)21-50(32)38-39-26(18-29-34(52)17-25(2)59-40(29)38)19-37(43(3,60-39)13-7-27-20-48-42(56)44(27)11-5-6-12-44)61-58-23-36(54)45(57,41(55)35(53)22-51)24-49-16-10-30-33(49)9-15-46-30/h8-10,14-18,27,33,35-37,41,51,53-55,57H,4-7,11-13,19-24H2,1-3H3,(H,48,56)/p+2/t27-,33?,35-,36+,37-,41-,43-,45-/m1/s1. The number of allylic oxidation sites excluding steroid dienone is 2. The largest absolute Gasteiger partial charge is 0.478 e. The number of rotatable bonds is 15. The highest BCUT2D eigenvalue weighted by molar-refractivity contribution is 6.08. The summed E-state index contributed by atoms with van der Waals surface area (Å²) in [5.74, 6) is 1.23. The predicted octanol–water partition coefficient (Wildman–Crippen LogP) is -0.0840. The van der Waals surface area contributed by atoms with E-state index in [1.54, 1.807) is 31.5 Å². The number of benzene rings is 1. The van der Waals surface area contributed by atoms with Crippen LogP contribution in [-0.4, -0.2) is 117 Å². The maximum atomic E-state index is 13.7. The molecule has 6 aliphatic heterocycles. The van der Waals surface area contributed by atoms with Gasteiger partial charge in [0.1, 0.15) is 72.6 Å². The van der Waals surface area contributed by atoms with E-state index in [9.17, 15) is 35.1 Å². The molecule has 0 bridgehead atoms. The highest BCUT2D eigenvalue weighted by Crippen LogP contribution is 2.51. The van der Waals surface area contributed by atoms with Gasteiger partial charge >= 0.3 is 0 Å². The molecule has 1 saturated carbocycles. The first-order chi connectivity index (χ1) is 29.3. The smallest absolute Gasteiger partial charge is 0.226 e. The Hall–Kier alpha value is -4.36. The Balaban J connectivity index is 1.05. The number of fused-ring (bicyclic) bond motifs is 4. The van der Waals surface area contributed by atoms with E-state index in [0.29, 0.717) is 64.6 Å². The minimum absolute atomic E-state index is 0.0751. The fourth-order valence-corrected chi connectivity index (χ4v) is 11.0. The van der Waals surface area contributed by atoms with Crippen LogP contribution >= 0.6 is 0 Å². The molecule has 1 aliphatic carbocycles. The van der Waals surface area contributed by atoms with Crippen LogP contribution < -0.4 is 25.3 Å². The number of nitrogens with zero attached hydrogens (tertiary/aromatic N) is 2. The molecule has 1 aromatic heterocycles. The van der Waals surface area contributed by atoms with E-state index in [0.717, 1.165) is 59.7 Å². The number of aliphatic hydroxyl groups excluding tert-OH is 4. The third-order valence-electron chi connectivity index (χ3n) is 14.5. The number of hydrogen-bond donors (Lipinski definition) is 8. The lowest BCUT2D eigenvalue weighted by Crippen LogP contribution is -3.13. The van der Waals surface area contributed by atoms with E-state index in [1.165, 1.54) is 6.07 Å². The van der Waals surface area contributed by atoms with Crippen LogP contribution in [0.3, 0.4) is 0 Å². The van der Waals surface area contributed by atoms with E-state index in [-0.39, 0.29) is 36.3 Å². The summed E-state index contributed by atoms with van der Waals surface area (Å²) in [5, 5.41) is 58.5. The molecule has 1 aromatic carbocycles. The molecule has 2 aromatic rings. The summed E-state index contributed by atoms with van der Waals surface area (Å²) < 4.78 is 13.7. The Kier molecular flexibility index (Phi) is 11.1. The average Bonchev–Trinajstić information content (AvgIpc) is 4.10. The first kappa shape index (κ1) is 42.0. The van der Waals surface area contributed by atoms with E-state index >= 15 is 0 Å². The molecule has 7 heterocycles. The summed E-state index contributed by atoms with van der Waals surface area (Å²) in [6.07, 6.45) is 10.2. The maximum absolute atomic E-state index is 13.7. The van der Waals surface area contributed by atoms with Crippen molar-refractivity contribution in [2.45, 2.75) is 114 Å². The van der Waals surface area contributed by atoms with Crippen LogP contribution in [0.5, 0.6) is 5.75 Å². The van der Waals surface area contributed by atoms with Crippen molar-refractivity contribution in [2.75, 3.05) is 32.8 Å². The molecular formula is C45H57N5O11+2. The van der Waals surface area contributed by atoms with Crippen molar-refractivity contribution >= 4 is 34.0 Å². The number of hydrogen-bond acceptors (Lipinski definition) is 13. The van der Waals surface area contributed by atoms with Gasteiger partial charge < -0.3 is 40.0 Å². The normalized spacial score (nSPS) is 30.6. The fraction of sp³-hybridized carbons (Fsp3) is 0.556. The Morgan fingerprint density at radius 2 is 1.92 bits per heavy atom. The molecule has 1 saturated heterocycles. The van der Waals surface area contributed by atoms with Gasteiger partial charge in [0.05, 0.1) is 29.2 Å². The number of aliphatic hydroxyl groups is 5. The van der Waals surface area contributed by atoms with Gasteiger partial charge in [0.15, 0.2) is 22.8 Å². The molecule has 2 fully saturated rings. The monoisotopic (exact) mass is 843 g/mol. The van der Waals surface area contributed by atoms with Gasteiger partial charge in [-0.05, 0) is 63.7 Å². The molecule has 1 amide bonds. The van der Waals surface area contributed by atoms with Crippen molar-refractivity contribution in [1.29, 1.82) is 0 Å². The molecule has 1 spiro atoms. The molecular weight excluding hydrogens is 787 g/mol. The number of aliphatic imine (C=N–C) groups is 2. The van der Waals surface area contributed by atoms with Gasteiger partial charge in [0, 0.05) is 49.5 Å². The third-order valence-corrected chi connectivity index (χ3v) is 14.5. The van der Waals surface area contributed by atoms with Crippen LogP contribution in [0.2, 0.25) is 0 Å². The van der Waals surface area contributed by atoms with E-state index in [1.807, 2.05) is 25.3 Å². The summed E-state index contributed by atoms with van der Waals surface area (Å²) in [7, 11) is 0. The maximum Gasteiger partial charge on any atom is 0.226 e. The Bertz CT molecular complexity index is 2340. The van der Waals surface area contributed by atoms with Crippen molar-refractivity contribution in [3.63, 3.8) is 0 Å². The molecule has 16 nitrogen and oxygen atoms in total. The number of carbonyl (C=O) groups is 1. The molecule has 9 rings (SSSR count). The van der Waals surface area contributed by atoms with E-state index < -0.39 is 54.2 Å². The van der Waals surface area contributed by atoms with Gasteiger partial charge in [-0.3, -0.25) is 29.4 Å². The lowest BCUT2D eigenvalue weighted by Gasteiger charge is -2.43. The van der Waals surface area contributed by atoms with Crippen LogP contribution in [0.4, 0.5) is 5.69 Å². The molecule has 8 N–H and O–H groups in total. The molecule has 16 heteroatoms. The summed E-state index contributed by atoms with van der Waals surface area (Å²) in [6, 6.07) is 3.00. The first-order valence-corrected chi connectivity index (χ1v) is 21.6. The zero-order valence-corrected chi connectivity index (χ0v) is 34.9. The molecule has 7 aliphatic rings. The molecule has 10 atom stereocenters. The topological polar surface area (TPSA) is 222 Å². The Morgan fingerprint density at radius 1 is 1.11 bits per heavy atom. The van der Waals surface area contributed by atoms with Crippen molar-refractivity contribution in [3.05, 3.63) is 81.8 Å². The highest BCUT2D eigenvalue weighted by atomic mass is 17.2. The van der Waals surface area contributed by atoms with Crippen LogP contribution in [-0.2, 0) is 21.0 Å². The second-order valence-corrected chi connectivity index (χ2v) is 18.1. The van der Waals surface area contributed by atoms with Gasteiger partial charge in [-0.25, -0.2) is 9.78 Å². The van der Waals surface area contributed by atoms with Gasteiger partial charge in [-0.2, -0.15) is 0 Å². The van der Waals surface area contributed by atoms with Crippen molar-refractivity contribution in [3.8, 4) is 5.75 Å². The Labute approximate surface area is 353 Å². The van der Waals surface area contributed by atoms with Crippen LogP contribution in [0, 0.1) is 18.3 Å². The summed E-state index contributed by atoms with van der Waals surface area (Å²) in [4.78, 5) is 49.7. The van der Waals surface area contributed by atoms with Gasteiger partial charge in [-0.15, -0.1) is 0 Å². The number of amides is 1. The van der Waals surface area contributed by atoms with Gasteiger partial charge in [-0.1, -0.05) is 19.8 Å². The SMILES string of the molecule is CCC1=C2C=CN=C2C[NH+]1c1c2c(cc3c(=O)cc(C)oc13)C[C@@H](OOC[C@H](O)[C@](O)(C[NH+]1C=CC3=NC=CC31)[C@H](O)[C@H](O)CO)[C@@](C)(CC[C@@H]1CNC(=O)C13CCCC3)O2. The second-order valence-electron chi connectivity index (χ2n) is 18.1. The summed E-state index contributed by atoms with van der Waals surface area (Å²) in [5.41, 5.74) is 1.65. The van der Waals surface area contributed by atoms with Crippen molar-refractivity contribution in [2.24, 2.45) is 21.3 Å². The molecule has 3 unspecified atom stereocenters. The van der Waals surface area contributed by atoms with Crippen LogP contribution in [0.15, 0.2) is 79.4 Å². The first-order valence-electron chi connectivity index (χ1n) is 21.6. The van der Waals surface area contributed by atoms with Gasteiger partial charge in [0.25, 0.3) is 0 Å². The third kappa shape index (κ3) is 7.05. The number of nitrogens with one attached hydrogen (secondary N) is 3. The zero-order valence-electron chi connectivity index (χ0n) is 34.9. The zero-order chi connectivity index (χ0) is 42.8. The average molecular weight is 844 g/mol. The number of quaternary nitrogens is 2. The minimum Gasteiger partial charge on any atom is -0.478 e. The lowest BCUT2D eigenvalue weighted by atomic mass is 9.72. The summed E-state index contributed by atoms with van der Waals surface area (Å²) in [6.45, 7) is 5.16. The molecule has 0 radical (unpaired) electrons. The fourth-order valence-electron chi connectivity index (χ4n) is 11.0. The van der Waals surface area contributed by atoms with E-state index in [2.05, 4.69) is 22.2 Å². The predicted molar refractivity (Wildman–Crippen MR) is 222 cm³/mol. The quantitative estimate of drug-likeness (QED) is 0.0876. The van der Waals surface area contributed by atoms with E-state index in [4.69, 9.17) is 18.9 Å².